The molecule has 4 heteroatoms. The molecule has 0 aliphatic carbocycles. The van der Waals surface area contributed by atoms with Crippen LogP contribution in [0.15, 0.2) is 18.2 Å². The van der Waals surface area contributed by atoms with Gasteiger partial charge in [0.05, 0.1) is 11.5 Å². The van der Waals surface area contributed by atoms with Crippen molar-refractivity contribution < 1.29 is 8.42 Å². The Morgan fingerprint density at radius 1 is 1.16 bits per heavy atom. The molecule has 0 radical (unpaired) electrons. The van der Waals surface area contributed by atoms with Gasteiger partial charge < -0.3 is 5.73 Å². The molecule has 2 N–H and O–H groups in total. The van der Waals surface area contributed by atoms with Crippen LogP contribution in [0.5, 0.6) is 0 Å². The van der Waals surface area contributed by atoms with Gasteiger partial charge in [-0.3, -0.25) is 0 Å². The molecule has 0 heterocycles. The third-order valence-corrected chi connectivity index (χ3v) is 5.57. The van der Waals surface area contributed by atoms with E-state index in [4.69, 9.17) is 5.73 Å². The normalized spacial score (nSPS) is 15.2. The van der Waals surface area contributed by atoms with Crippen LogP contribution in [0.4, 0.5) is 0 Å². The molecule has 0 aliphatic heterocycles. The Labute approximate surface area is 117 Å². The second-order valence-corrected chi connectivity index (χ2v) is 7.69. The Balaban J connectivity index is 2.78. The van der Waals surface area contributed by atoms with Crippen LogP contribution in [-0.2, 0) is 9.84 Å². The number of hydrogen-bond acceptors (Lipinski definition) is 3. The van der Waals surface area contributed by atoms with Crippen molar-refractivity contribution in [2.24, 2.45) is 11.7 Å². The molecule has 2 atom stereocenters. The molecule has 0 amide bonds. The Morgan fingerprint density at radius 2 is 1.79 bits per heavy atom. The Hall–Kier alpha value is -0.870. The lowest BCUT2D eigenvalue weighted by Gasteiger charge is -2.16. The lowest BCUT2D eigenvalue weighted by Crippen LogP contribution is -2.25. The number of nitrogens with two attached hydrogens (primary N) is 1. The molecule has 19 heavy (non-hydrogen) atoms. The van der Waals surface area contributed by atoms with E-state index in [1.165, 1.54) is 5.56 Å². The van der Waals surface area contributed by atoms with Crippen LogP contribution in [-0.4, -0.2) is 19.9 Å². The molecule has 3 nitrogen and oxygen atoms in total. The van der Waals surface area contributed by atoms with E-state index in [1.54, 1.807) is 0 Å². The zero-order valence-corrected chi connectivity index (χ0v) is 13.1. The van der Waals surface area contributed by atoms with Gasteiger partial charge in [0.1, 0.15) is 0 Å². The molecule has 108 valence electrons. The van der Waals surface area contributed by atoms with Crippen molar-refractivity contribution in [1.82, 2.24) is 0 Å². The van der Waals surface area contributed by atoms with E-state index in [2.05, 4.69) is 0 Å². The summed E-state index contributed by atoms with van der Waals surface area (Å²) in [6, 6.07) is 5.46. The molecule has 1 aromatic carbocycles. The molecule has 0 fully saturated rings. The summed E-state index contributed by atoms with van der Waals surface area (Å²) >= 11 is 0. The van der Waals surface area contributed by atoms with Crippen molar-refractivity contribution in [3.63, 3.8) is 0 Å². The summed E-state index contributed by atoms with van der Waals surface area (Å²) < 4.78 is 24.1. The molecule has 1 rings (SSSR count). The average Bonchev–Trinajstić information content (AvgIpc) is 2.31. The van der Waals surface area contributed by atoms with Crippen molar-refractivity contribution in [3.05, 3.63) is 34.9 Å². The van der Waals surface area contributed by atoms with Gasteiger partial charge in [-0.05, 0) is 36.5 Å². The highest BCUT2D eigenvalue weighted by molar-refractivity contribution is 7.91. The van der Waals surface area contributed by atoms with Crippen molar-refractivity contribution >= 4 is 9.84 Å². The summed E-state index contributed by atoms with van der Waals surface area (Å²) in [6.07, 6.45) is 0.873. The van der Waals surface area contributed by atoms with E-state index in [0.29, 0.717) is 0 Å². The largest absolute Gasteiger partial charge is 0.323 e. The number of aryl methyl sites for hydroxylation is 2. The molecular weight excluding hydrogens is 258 g/mol. The van der Waals surface area contributed by atoms with Crippen molar-refractivity contribution in [2.45, 2.75) is 40.2 Å². The molecule has 0 saturated heterocycles. The zero-order chi connectivity index (χ0) is 14.6. The number of sulfone groups is 1. The summed E-state index contributed by atoms with van der Waals surface area (Å²) in [5.74, 6) is 0.443. The van der Waals surface area contributed by atoms with Crippen LogP contribution in [0.1, 0.15) is 43.0 Å². The van der Waals surface area contributed by atoms with Crippen molar-refractivity contribution in [1.29, 1.82) is 0 Å². The molecule has 0 spiro atoms. The zero-order valence-electron chi connectivity index (χ0n) is 12.3. The monoisotopic (exact) mass is 283 g/mol. The first-order valence-corrected chi connectivity index (χ1v) is 8.60. The summed E-state index contributed by atoms with van der Waals surface area (Å²) in [5, 5.41) is 0. The summed E-state index contributed by atoms with van der Waals surface area (Å²) in [4.78, 5) is 0. The topological polar surface area (TPSA) is 60.2 Å². The highest BCUT2D eigenvalue weighted by Crippen LogP contribution is 2.18. The maximum Gasteiger partial charge on any atom is 0.152 e. The lowest BCUT2D eigenvalue weighted by molar-refractivity contribution is 0.559. The molecule has 0 aliphatic rings. The second kappa shape index (κ2) is 6.53. The number of rotatable bonds is 6. The van der Waals surface area contributed by atoms with Crippen LogP contribution in [0.25, 0.3) is 0 Å². The maximum atomic E-state index is 12.1. The van der Waals surface area contributed by atoms with Gasteiger partial charge in [-0.2, -0.15) is 0 Å². The van der Waals surface area contributed by atoms with Crippen LogP contribution in [0.2, 0.25) is 0 Å². The predicted octanol–water partition coefficient (Wildman–Crippen LogP) is 2.76. The van der Waals surface area contributed by atoms with Gasteiger partial charge in [0.15, 0.2) is 9.84 Å². The molecule has 0 aromatic heterocycles. The van der Waals surface area contributed by atoms with Gasteiger partial charge in [-0.25, -0.2) is 8.42 Å². The van der Waals surface area contributed by atoms with Gasteiger partial charge in [0.2, 0.25) is 0 Å². The molecular formula is C15H25NO2S. The third kappa shape index (κ3) is 4.96. The first kappa shape index (κ1) is 16.2. The Kier molecular flexibility index (Phi) is 5.56. The average molecular weight is 283 g/mol. The quantitative estimate of drug-likeness (QED) is 0.873. The SMILES string of the molecule is CCC(C)CS(=O)(=O)CC(N)c1ccc(C)c(C)c1. The lowest BCUT2D eigenvalue weighted by atomic mass is 10.0. The molecule has 0 bridgehead atoms. The first-order chi connectivity index (χ1) is 8.75. The van der Waals surface area contributed by atoms with Gasteiger partial charge in [-0.1, -0.05) is 38.5 Å². The fraction of sp³-hybridized carbons (Fsp3) is 0.600. The van der Waals surface area contributed by atoms with E-state index in [0.717, 1.165) is 17.5 Å². The first-order valence-electron chi connectivity index (χ1n) is 6.78. The fourth-order valence-electron chi connectivity index (χ4n) is 1.98. The number of hydrogen-bond donors (Lipinski definition) is 1. The van der Waals surface area contributed by atoms with Gasteiger partial charge in [-0.15, -0.1) is 0 Å². The van der Waals surface area contributed by atoms with E-state index in [9.17, 15) is 8.42 Å². The molecule has 0 saturated carbocycles. The maximum absolute atomic E-state index is 12.1. The smallest absolute Gasteiger partial charge is 0.152 e. The third-order valence-electron chi connectivity index (χ3n) is 3.63. The number of benzene rings is 1. The van der Waals surface area contributed by atoms with Crippen LogP contribution >= 0.6 is 0 Å². The van der Waals surface area contributed by atoms with E-state index in [-0.39, 0.29) is 17.4 Å². The predicted molar refractivity (Wildman–Crippen MR) is 81.0 cm³/mol. The van der Waals surface area contributed by atoms with E-state index >= 15 is 0 Å². The van der Waals surface area contributed by atoms with Crippen molar-refractivity contribution in [3.8, 4) is 0 Å². The Bertz CT molecular complexity index is 523. The minimum atomic E-state index is -3.09. The van der Waals surface area contributed by atoms with Gasteiger partial charge in [0, 0.05) is 6.04 Å². The summed E-state index contributed by atoms with van der Waals surface area (Å²) in [7, 11) is -3.09. The highest BCUT2D eigenvalue weighted by atomic mass is 32.2. The molecule has 1 aromatic rings. The van der Waals surface area contributed by atoms with Gasteiger partial charge in [0.25, 0.3) is 0 Å². The second-order valence-electron chi connectivity index (χ2n) is 5.54. The Morgan fingerprint density at radius 3 is 2.32 bits per heavy atom. The van der Waals surface area contributed by atoms with Crippen LogP contribution < -0.4 is 5.73 Å². The minimum Gasteiger partial charge on any atom is -0.323 e. The van der Waals surface area contributed by atoms with E-state index in [1.807, 2.05) is 45.9 Å². The minimum absolute atomic E-state index is 0.0276. The van der Waals surface area contributed by atoms with Crippen molar-refractivity contribution in [2.75, 3.05) is 11.5 Å². The van der Waals surface area contributed by atoms with Crippen LogP contribution in [0.3, 0.4) is 0 Å². The fourth-order valence-corrected chi connectivity index (χ4v) is 3.96. The van der Waals surface area contributed by atoms with Gasteiger partial charge >= 0.3 is 0 Å². The van der Waals surface area contributed by atoms with Crippen LogP contribution in [0, 0.1) is 19.8 Å². The van der Waals surface area contributed by atoms with E-state index < -0.39 is 15.9 Å². The summed E-state index contributed by atoms with van der Waals surface area (Å²) in [5.41, 5.74) is 9.28. The standard InChI is InChI=1S/C15H25NO2S/c1-5-11(2)9-19(17,18)10-15(16)14-7-6-12(3)13(4)8-14/h6-8,11,15H,5,9-10,16H2,1-4H3. The summed E-state index contributed by atoms with van der Waals surface area (Å²) in [6.45, 7) is 8.01. The highest BCUT2D eigenvalue weighted by Gasteiger charge is 2.20. The molecule has 2 unspecified atom stereocenters.